The lowest BCUT2D eigenvalue weighted by atomic mass is 9.91. The van der Waals surface area contributed by atoms with Gasteiger partial charge in [-0.25, -0.2) is 4.79 Å². The molecule has 0 fully saturated rings. The second-order valence-corrected chi connectivity index (χ2v) is 4.32. The Hall–Kier alpha value is -2.33. The molecule has 0 heterocycles. The zero-order chi connectivity index (χ0) is 14.4. The van der Waals surface area contributed by atoms with Crippen molar-refractivity contribution >= 4 is 6.16 Å². The van der Waals surface area contributed by atoms with E-state index in [0.29, 0.717) is 12.4 Å². The molecule has 4 heteroatoms. The van der Waals surface area contributed by atoms with Crippen LogP contribution in [0.5, 0.6) is 5.75 Å². The molecule has 0 aliphatic rings. The van der Waals surface area contributed by atoms with Crippen LogP contribution in [0.3, 0.4) is 0 Å². The van der Waals surface area contributed by atoms with E-state index in [1.54, 1.807) is 19.2 Å². The molecule has 1 atom stereocenters. The second kappa shape index (κ2) is 6.73. The van der Waals surface area contributed by atoms with Gasteiger partial charge in [0.15, 0.2) is 0 Å². The molecule has 0 aromatic heterocycles. The first-order chi connectivity index (χ1) is 9.72. The van der Waals surface area contributed by atoms with E-state index in [4.69, 9.17) is 14.6 Å². The zero-order valence-electron chi connectivity index (χ0n) is 11.2. The van der Waals surface area contributed by atoms with Crippen molar-refractivity contribution in [2.45, 2.75) is 5.92 Å². The Morgan fingerprint density at radius 1 is 1.10 bits per heavy atom. The van der Waals surface area contributed by atoms with Crippen LogP contribution in [0.2, 0.25) is 0 Å². The number of ether oxygens (including phenoxy) is 2. The summed E-state index contributed by atoms with van der Waals surface area (Å²) in [7, 11) is 1.62. The fraction of sp³-hybridized carbons (Fsp3) is 0.188. The molecule has 0 bridgehead atoms. The Balaban J connectivity index is 2.42. The molecule has 104 valence electrons. The number of hydrogen-bond donors (Lipinski definition) is 1. The highest BCUT2D eigenvalue weighted by Crippen LogP contribution is 2.32. The van der Waals surface area contributed by atoms with Gasteiger partial charge in [-0.3, -0.25) is 0 Å². The third-order valence-corrected chi connectivity index (χ3v) is 3.03. The monoisotopic (exact) mass is 272 g/mol. The Bertz CT molecular complexity index is 566. The quantitative estimate of drug-likeness (QED) is 0.668. The van der Waals surface area contributed by atoms with Gasteiger partial charge in [-0.15, -0.1) is 0 Å². The minimum atomic E-state index is -1.32. The van der Waals surface area contributed by atoms with E-state index in [-0.39, 0.29) is 5.92 Å². The first kappa shape index (κ1) is 14.1. The molecular formula is C16H16O4. The highest BCUT2D eigenvalue weighted by Gasteiger charge is 2.19. The maximum atomic E-state index is 10.8. The number of rotatable bonds is 5. The predicted octanol–water partition coefficient (Wildman–Crippen LogP) is 3.52. The summed E-state index contributed by atoms with van der Waals surface area (Å²) in [5.41, 5.74) is 1.85. The van der Waals surface area contributed by atoms with E-state index >= 15 is 0 Å². The summed E-state index contributed by atoms with van der Waals surface area (Å²) in [6.45, 7) is 0.448. The van der Waals surface area contributed by atoms with Crippen molar-refractivity contribution in [3.05, 3.63) is 65.7 Å². The van der Waals surface area contributed by atoms with E-state index in [9.17, 15) is 4.79 Å². The number of carbonyl (C=O) groups is 1. The summed E-state index contributed by atoms with van der Waals surface area (Å²) in [5, 5.41) is 8.82. The normalized spacial score (nSPS) is 11.8. The lowest BCUT2D eigenvalue weighted by Crippen LogP contribution is -2.12. The van der Waals surface area contributed by atoms with Gasteiger partial charge in [0.25, 0.3) is 0 Å². The van der Waals surface area contributed by atoms with Crippen molar-refractivity contribution in [1.82, 2.24) is 0 Å². The molecule has 0 amide bonds. The van der Waals surface area contributed by atoms with Crippen molar-refractivity contribution in [1.29, 1.82) is 0 Å². The first-order valence-electron chi connectivity index (χ1n) is 6.26. The molecular weight excluding hydrogens is 256 g/mol. The fourth-order valence-corrected chi connectivity index (χ4v) is 2.17. The van der Waals surface area contributed by atoms with Crippen molar-refractivity contribution in [3.63, 3.8) is 0 Å². The van der Waals surface area contributed by atoms with Crippen molar-refractivity contribution in [2.24, 2.45) is 0 Å². The predicted molar refractivity (Wildman–Crippen MR) is 75.3 cm³/mol. The summed E-state index contributed by atoms with van der Waals surface area (Å²) in [6.07, 6.45) is -1.32. The third-order valence-electron chi connectivity index (χ3n) is 3.03. The van der Waals surface area contributed by atoms with Crippen LogP contribution in [0.4, 0.5) is 4.79 Å². The molecule has 0 aliphatic carbocycles. The molecule has 0 saturated heterocycles. The molecule has 4 nitrogen and oxygen atoms in total. The summed E-state index contributed by atoms with van der Waals surface area (Å²) in [5.74, 6) is 0.266. The van der Waals surface area contributed by atoms with E-state index in [2.05, 4.69) is 0 Å². The molecule has 2 rings (SSSR count). The lowest BCUT2D eigenvalue weighted by molar-refractivity contribution is 0.143. The number of benzene rings is 2. The summed E-state index contributed by atoms with van der Waals surface area (Å²) < 4.78 is 10.1. The van der Waals surface area contributed by atoms with E-state index in [1.165, 1.54) is 0 Å². The van der Waals surface area contributed by atoms with E-state index in [1.807, 2.05) is 42.5 Å². The summed E-state index contributed by atoms with van der Waals surface area (Å²) >= 11 is 0. The first-order valence-corrected chi connectivity index (χ1v) is 6.26. The number of methoxy groups -OCH3 is 1. The Labute approximate surface area is 117 Å². The Morgan fingerprint density at radius 3 is 2.40 bits per heavy atom. The zero-order valence-corrected chi connectivity index (χ0v) is 11.2. The maximum Gasteiger partial charge on any atom is 0.511 e. The largest absolute Gasteiger partial charge is 0.511 e. The van der Waals surface area contributed by atoms with Crippen LogP contribution >= 0.6 is 0 Å². The molecule has 0 spiro atoms. The molecule has 20 heavy (non-hydrogen) atoms. The SMILES string of the molecule is COCC(c1ccccc1)c1ccccc1OC(=O)O. The van der Waals surface area contributed by atoms with Crippen LogP contribution in [0.1, 0.15) is 17.0 Å². The highest BCUT2D eigenvalue weighted by molar-refractivity contribution is 5.62. The van der Waals surface area contributed by atoms with Gasteiger partial charge >= 0.3 is 6.16 Å². The minimum absolute atomic E-state index is 0.0725. The van der Waals surface area contributed by atoms with Gasteiger partial charge in [-0.05, 0) is 11.6 Å². The van der Waals surface area contributed by atoms with Gasteiger partial charge in [-0.2, -0.15) is 0 Å². The van der Waals surface area contributed by atoms with Gasteiger partial charge in [0.2, 0.25) is 0 Å². The van der Waals surface area contributed by atoms with Crippen LogP contribution in [0, 0.1) is 0 Å². The average molecular weight is 272 g/mol. The van der Waals surface area contributed by atoms with Crippen molar-refractivity contribution in [2.75, 3.05) is 13.7 Å². The van der Waals surface area contributed by atoms with Crippen molar-refractivity contribution in [3.8, 4) is 5.75 Å². The molecule has 2 aromatic carbocycles. The third kappa shape index (κ3) is 3.36. The summed E-state index contributed by atoms with van der Waals surface area (Å²) in [4.78, 5) is 10.8. The van der Waals surface area contributed by atoms with Gasteiger partial charge < -0.3 is 14.6 Å². The standard InChI is InChI=1S/C16H16O4/c1-19-11-14(12-7-3-2-4-8-12)13-9-5-6-10-15(13)20-16(17)18/h2-10,14H,11H2,1H3,(H,17,18). The molecule has 1 N–H and O–H groups in total. The molecule has 0 saturated carbocycles. The second-order valence-electron chi connectivity index (χ2n) is 4.32. The van der Waals surface area contributed by atoms with Crippen LogP contribution in [0.25, 0.3) is 0 Å². The highest BCUT2D eigenvalue weighted by atomic mass is 16.7. The minimum Gasteiger partial charge on any atom is -0.449 e. The van der Waals surface area contributed by atoms with Crippen LogP contribution < -0.4 is 4.74 Å². The van der Waals surface area contributed by atoms with Crippen LogP contribution in [-0.2, 0) is 4.74 Å². The molecule has 0 aliphatic heterocycles. The van der Waals surface area contributed by atoms with Crippen LogP contribution in [-0.4, -0.2) is 25.0 Å². The lowest BCUT2D eigenvalue weighted by Gasteiger charge is -2.19. The Morgan fingerprint density at radius 2 is 1.75 bits per heavy atom. The van der Waals surface area contributed by atoms with Gasteiger partial charge in [0.1, 0.15) is 5.75 Å². The number of carboxylic acid groups (broad SMARTS) is 1. The fourth-order valence-electron chi connectivity index (χ4n) is 2.17. The van der Waals surface area contributed by atoms with Crippen molar-refractivity contribution < 1.29 is 19.4 Å². The van der Waals surface area contributed by atoms with Gasteiger partial charge in [0, 0.05) is 18.6 Å². The Kier molecular flexibility index (Phi) is 4.74. The molecule has 2 aromatic rings. The number of para-hydroxylation sites is 1. The van der Waals surface area contributed by atoms with Gasteiger partial charge in [-0.1, -0.05) is 48.5 Å². The van der Waals surface area contributed by atoms with Crippen LogP contribution in [0.15, 0.2) is 54.6 Å². The number of hydrogen-bond acceptors (Lipinski definition) is 3. The van der Waals surface area contributed by atoms with E-state index < -0.39 is 6.16 Å². The molecule has 1 unspecified atom stereocenters. The maximum absolute atomic E-state index is 10.8. The topological polar surface area (TPSA) is 55.8 Å². The smallest absolute Gasteiger partial charge is 0.449 e. The van der Waals surface area contributed by atoms with Gasteiger partial charge in [0.05, 0.1) is 6.61 Å². The van der Waals surface area contributed by atoms with E-state index in [0.717, 1.165) is 11.1 Å². The molecule has 0 radical (unpaired) electrons. The average Bonchev–Trinajstić information content (AvgIpc) is 2.46. The summed E-state index contributed by atoms with van der Waals surface area (Å²) in [6, 6.07) is 16.9.